The summed E-state index contributed by atoms with van der Waals surface area (Å²) < 4.78 is 11.4. The van der Waals surface area contributed by atoms with Gasteiger partial charge in [0, 0.05) is 24.0 Å². The highest BCUT2D eigenvalue weighted by Gasteiger charge is 2.29. The zero-order valence-electron chi connectivity index (χ0n) is 12.1. The first-order valence-corrected chi connectivity index (χ1v) is 6.99. The number of amides is 1. The van der Waals surface area contributed by atoms with E-state index in [-0.39, 0.29) is 18.1 Å². The fourth-order valence-corrected chi connectivity index (χ4v) is 2.87. The van der Waals surface area contributed by atoms with Crippen molar-refractivity contribution >= 4 is 16.9 Å². The molecule has 3 rings (SSSR count). The number of para-hydroxylation sites is 1. The molecule has 2 heterocycles. The second-order valence-electron chi connectivity index (χ2n) is 5.52. The SMILES string of the molecule is Cc1c(C(=O)N2C[C@H](C)O[C@@H](C)C2)oc2ccccc12. The summed E-state index contributed by atoms with van der Waals surface area (Å²) in [5, 5.41) is 1.00. The molecule has 0 unspecified atom stereocenters. The van der Waals surface area contributed by atoms with Crippen molar-refractivity contribution in [1.82, 2.24) is 4.90 Å². The molecule has 20 heavy (non-hydrogen) atoms. The van der Waals surface area contributed by atoms with Gasteiger partial charge in [-0.05, 0) is 26.8 Å². The Morgan fingerprint density at radius 3 is 2.50 bits per heavy atom. The summed E-state index contributed by atoms with van der Waals surface area (Å²) in [5.74, 6) is 0.410. The van der Waals surface area contributed by atoms with Crippen LogP contribution >= 0.6 is 0 Å². The molecule has 1 aliphatic rings. The van der Waals surface area contributed by atoms with Gasteiger partial charge in [-0.25, -0.2) is 0 Å². The Kier molecular flexibility index (Phi) is 3.26. The van der Waals surface area contributed by atoms with Crippen molar-refractivity contribution in [2.45, 2.75) is 33.0 Å². The van der Waals surface area contributed by atoms with Gasteiger partial charge in [-0.15, -0.1) is 0 Å². The molecule has 0 saturated carbocycles. The van der Waals surface area contributed by atoms with Crippen molar-refractivity contribution in [3.63, 3.8) is 0 Å². The minimum atomic E-state index is -0.0410. The smallest absolute Gasteiger partial charge is 0.290 e. The van der Waals surface area contributed by atoms with Gasteiger partial charge >= 0.3 is 0 Å². The summed E-state index contributed by atoms with van der Waals surface area (Å²) in [5.41, 5.74) is 1.68. The summed E-state index contributed by atoms with van der Waals surface area (Å²) in [4.78, 5) is 14.5. The van der Waals surface area contributed by atoms with Crippen molar-refractivity contribution in [1.29, 1.82) is 0 Å². The minimum Gasteiger partial charge on any atom is -0.451 e. The van der Waals surface area contributed by atoms with Crippen LogP contribution in [0.25, 0.3) is 11.0 Å². The first-order chi connectivity index (χ1) is 9.56. The number of morpholine rings is 1. The molecule has 4 heteroatoms. The van der Waals surface area contributed by atoms with Crippen LogP contribution in [0, 0.1) is 6.92 Å². The second-order valence-corrected chi connectivity index (χ2v) is 5.52. The first-order valence-electron chi connectivity index (χ1n) is 6.99. The van der Waals surface area contributed by atoms with Gasteiger partial charge in [0.1, 0.15) is 5.58 Å². The van der Waals surface area contributed by atoms with Gasteiger partial charge in [0.2, 0.25) is 0 Å². The van der Waals surface area contributed by atoms with E-state index in [2.05, 4.69) is 0 Å². The molecule has 0 spiro atoms. The topological polar surface area (TPSA) is 42.7 Å². The predicted molar refractivity (Wildman–Crippen MR) is 76.9 cm³/mol. The van der Waals surface area contributed by atoms with Crippen molar-refractivity contribution in [3.8, 4) is 0 Å². The van der Waals surface area contributed by atoms with Gasteiger partial charge in [0.05, 0.1) is 12.2 Å². The lowest BCUT2D eigenvalue weighted by Gasteiger charge is -2.34. The zero-order chi connectivity index (χ0) is 14.3. The molecule has 1 saturated heterocycles. The number of hydrogen-bond donors (Lipinski definition) is 0. The van der Waals surface area contributed by atoms with E-state index < -0.39 is 0 Å². The Morgan fingerprint density at radius 2 is 1.85 bits per heavy atom. The maximum Gasteiger partial charge on any atom is 0.290 e. The monoisotopic (exact) mass is 273 g/mol. The number of hydrogen-bond acceptors (Lipinski definition) is 3. The van der Waals surface area contributed by atoms with Crippen LogP contribution in [0.1, 0.15) is 30.0 Å². The van der Waals surface area contributed by atoms with E-state index in [0.717, 1.165) is 16.5 Å². The van der Waals surface area contributed by atoms with Gasteiger partial charge in [-0.2, -0.15) is 0 Å². The summed E-state index contributed by atoms with van der Waals surface area (Å²) in [6, 6.07) is 7.75. The van der Waals surface area contributed by atoms with E-state index in [0.29, 0.717) is 18.8 Å². The molecular formula is C16H19NO3. The zero-order valence-corrected chi connectivity index (χ0v) is 12.1. The molecule has 1 aromatic heterocycles. The molecule has 2 atom stereocenters. The molecule has 0 bridgehead atoms. The standard InChI is InChI=1S/C16H19NO3/c1-10-8-17(9-11(2)19-10)16(18)15-12(3)13-6-4-5-7-14(13)20-15/h4-7,10-11H,8-9H2,1-3H3/t10-,11-/m0/s1. The number of ether oxygens (including phenoxy) is 1. The Morgan fingerprint density at radius 1 is 1.20 bits per heavy atom. The summed E-state index contributed by atoms with van der Waals surface area (Å²) in [6.07, 6.45) is 0.125. The molecule has 0 aliphatic carbocycles. The molecule has 4 nitrogen and oxygen atoms in total. The van der Waals surface area contributed by atoms with Gasteiger partial charge in [0.25, 0.3) is 5.91 Å². The lowest BCUT2D eigenvalue weighted by atomic mass is 10.1. The summed E-state index contributed by atoms with van der Waals surface area (Å²) >= 11 is 0. The largest absolute Gasteiger partial charge is 0.451 e. The highest BCUT2D eigenvalue weighted by Crippen LogP contribution is 2.26. The number of aryl methyl sites for hydroxylation is 1. The number of carbonyl (C=O) groups excluding carboxylic acids is 1. The molecule has 0 radical (unpaired) electrons. The van der Waals surface area contributed by atoms with Crippen LogP contribution < -0.4 is 0 Å². The molecule has 1 aliphatic heterocycles. The Hall–Kier alpha value is -1.81. The van der Waals surface area contributed by atoms with Crippen LogP contribution in [0.5, 0.6) is 0 Å². The Labute approximate surface area is 118 Å². The number of nitrogens with zero attached hydrogens (tertiary/aromatic N) is 1. The molecule has 1 fully saturated rings. The number of furan rings is 1. The maximum atomic E-state index is 12.7. The molecule has 0 N–H and O–H groups in total. The van der Waals surface area contributed by atoms with E-state index in [1.165, 1.54) is 0 Å². The Bertz CT molecular complexity index is 636. The Balaban J connectivity index is 1.94. The first kappa shape index (κ1) is 13.2. The van der Waals surface area contributed by atoms with Crippen molar-refractivity contribution in [3.05, 3.63) is 35.6 Å². The van der Waals surface area contributed by atoms with Crippen LogP contribution in [0.4, 0.5) is 0 Å². The van der Waals surface area contributed by atoms with E-state index >= 15 is 0 Å². The molecule has 1 amide bonds. The third-order valence-electron chi connectivity index (χ3n) is 3.74. The maximum absolute atomic E-state index is 12.7. The van der Waals surface area contributed by atoms with Gasteiger partial charge in [0.15, 0.2) is 5.76 Å². The van der Waals surface area contributed by atoms with Crippen LogP contribution in [-0.4, -0.2) is 36.1 Å². The van der Waals surface area contributed by atoms with Gasteiger partial charge in [-0.1, -0.05) is 18.2 Å². The quantitative estimate of drug-likeness (QED) is 0.802. The van der Waals surface area contributed by atoms with Gasteiger partial charge < -0.3 is 14.1 Å². The summed E-state index contributed by atoms with van der Waals surface area (Å²) in [6.45, 7) is 7.13. The summed E-state index contributed by atoms with van der Waals surface area (Å²) in [7, 11) is 0. The third-order valence-corrected chi connectivity index (χ3v) is 3.74. The van der Waals surface area contributed by atoms with E-state index in [1.807, 2.05) is 49.9 Å². The van der Waals surface area contributed by atoms with E-state index in [4.69, 9.17) is 9.15 Å². The minimum absolute atomic E-state index is 0.0410. The van der Waals surface area contributed by atoms with Crippen molar-refractivity contribution < 1.29 is 13.9 Å². The molecule has 1 aromatic carbocycles. The number of rotatable bonds is 1. The lowest BCUT2D eigenvalue weighted by molar-refractivity contribution is -0.0592. The lowest BCUT2D eigenvalue weighted by Crippen LogP contribution is -2.48. The average molecular weight is 273 g/mol. The normalized spacial score (nSPS) is 23.2. The van der Waals surface area contributed by atoms with E-state index in [1.54, 1.807) is 0 Å². The van der Waals surface area contributed by atoms with Crippen LogP contribution in [0.3, 0.4) is 0 Å². The number of benzene rings is 1. The second kappa shape index (κ2) is 4.94. The predicted octanol–water partition coefficient (Wildman–Crippen LogP) is 2.99. The van der Waals surface area contributed by atoms with Crippen LogP contribution in [-0.2, 0) is 4.74 Å². The average Bonchev–Trinajstić information content (AvgIpc) is 2.75. The number of carbonyl (C=O) groups is 1. The third kappa shape index (κ3) is 2.20. The van der Waals surface area contributed by atoms with Gasteiger partial charge in [-0.3, -0.25) is 4.79 Å². The highest BCUT2D eigenvalue weighted by molar-refractivity contribution is 5.99. The fourth-order valence-electron chi connectivity index (χ4n) is 2.87. The fraction of sp³-hybridized carbons (Fsp3) is 0.438. The van der Waals surface area contributed by atoms with Crippen molar-refractivity contribution in [2.24, 2.45) is 0 Å². The van der Waals surface area contributed by atoms with E-state index in [9.17, 15) is 4.79 Å². The van der Waals surface area contributed by atoms with Crippen molar-refractivity contribution in [2.75, 3.05) is 13.1 Å². The molecular weight excluding hydrogens is 254 g/mol. The molecule has 2 aromatic rings. The van der Waals surface area contributed by atoms with Crippen LogP contribution in [0.15, 0.2) is 28.7 Å². The highest BCUT2D eigenvalue weighted by atomic mass is 16.5. The number of fused-ring (bicyclic) bond motifs is 1. The molecule has 106 valence electrons. The van der Waals surface area contributed by atoms with Crippen LogP contribution in [0.2, 0.25) is 0 Å².